The highest BCUT2D eigenvalue weighted by Gasteiger charge is 2.70. The van der Waals surface area contributed by atoms with E-state index in [4.69, 9.17) is 0 Å². The molecule has 0 spiro atoms. The van der Waals surface area contributed by atoms with Crippen molar-refractivity contribution in [3.63, 3.8) is 0 Å². The first kappa shape index (κ1) is 7.41. The molecule has 0 aromatic heterocycles. The highest BCUT2D eigenvalue weighted by Crippen LogP contribution is 2.78. The molecular weight excluding hydrogens is 144 g/mol. The molecule has 0 amide bonds. The molecule has 0 aliphatic heterocycles. The largest absolute Gasteiger partial charge is 0.0648 e. The molecule has 0 heteroatoms. The summed E-state index contributed by atoms with van der Waals surface area (Å²) in [5.41, 5.74) is 1.59. The summed E-state index contributed by atoms with van der Waals surface area (Å²) in [6.07, 6.45) is 6.17. The summed E-state index contributed by atoms with van der Waals surface area (Å²) >= 11 is 0. The Labute approximate surface area is 75.7 Å². The normalized spacial score (nSPS) is 58.8. The van der Waals surface area contributed by atoms with Crippen molar-refractivity contribution in [1.82, 2.24) is 0 Å². The zero-order valence-electron chi connectivity index (χ0n) is 8.56. The lowest BCUT2D eigenvalue weighted by molar-refractivity contribution is -0.0953. The third-order valence-electron chi connectivity index (χ3n) is 5.64. The van der Waals surface area contributed by atoms with Gasteiger partial charge in [0.2, 0.25) is 0 Å². The van der Waals surface area contributed by atoms with Gasteiger partial charge in [-0.2, -0.15) is 0 Å². The molecule has 12 heavy (non-hydrogen) atoms. The van der Waals surface area contributed by atoms with Gasteiger partial charge in [0.25, 0.3) is 0 Å². The maximum absolute atomic E-state index is 2.50. The molecule has 0 nitrogen and oxygen atoms in total. The van der Waals surface area contributed by atoms with Gasteiger partial charge >= 0.3 is 0 Å². The zero-order chi connectivity index (χ0) is 8.56. The Kier molecular flexibility index (Phi) is 1.09. The van der Waals surface area contributed by atoms with Gasteiger partial charge in [-0.15, -0.1) is 0 Å². The van der Waals surface area contributed by atoms with Crippen LogP contribution in [0.2, 0.25) is 0 Å². The Morgan fingerprint density at radius 1 is 1.17 bits per heavy atom. The molecule has 0 aromatic carbocycles. The number of hydrogen-bond acceptors (Lipinski definition) is 0. The van der Waals surface area contributed by atoms with E-state index < -0.39 is 0 Å². The highest BCUT2D eigenvalue weighted by atomic mass is 14.7. The van der Waals surface area contributed by atoms with E-state index in [0.717, 1.165) is 28.6 Å². The summed E-state index contributed by atoms with van der Waals surface area (Å²) in [7, 11) is 0. The van der Waals surface area contributed by atoms with Gasteiger partial charge in [-0.1, -0.05) is 27.2 Å². The third kappa shape index (κ3) is 0.592. The predicted molar refractivity (Wildman–Crippen MR) is 50.8 cm³/mol. The molecule has 0 aromatic rings. The van der Waals surface area contributed by atoms with Gasteiger partial charge in [-0.3, -0.25) is 0 Å². The van der Waals surface area contributed by atoms with Crippen molar-refractivity contribution in [3.8, 4) is 0 Å². The van der Waals surface area contributed by atoms with Gasteiger partial charge in [-0.05, 0) is 47.8 Å². The quantitative estimate of drug-likeness (QED) is 0.556. The van der Waals surface area contributed by atoms with Crippen LogP contribution in [-0.4, -0.2) is 0 Å². The lowest BCUT2D eigenvalue weighted by Gasteiger charge is -2.58. The summed E-state index contributed by atoms with van der Waals surface area (Å²) in [6.45, 7) is 7.41. The summed E-state index contributed by atoms with van der Waals surface area (Å²) in [5, 5.41) is 0. The number of hydrogen-bond donors (Lipinski definition) is 0. The first-order chi connectivity index (χ1) is 5.60. The fourth-order valence-electron chi connectivity index (χ4n) is 4.31. The Hall–Kier alpha value is 0. The summed E-state index contributed by atoms with van der Waals surface area (Å²) in [4.78, 5) is 0. The van der Waals surface area contributed by atoms with Gasteiger partial charge < -0.3 is 0 Å². The molecule has 0 radical (unpaired) electrons. The fraction of sp³-hybridized carbons (Fsp3) is 1.00. The summed E-state index contributed by atoms with van der Waals surface area (Å²) < 4.78 is 0. The van der Waals surface area contributed by atoms with E-state index in [-0.39, 0.29) is 0 Å². The Morgan fingerprint density at radius 3 is 2.42 bits per heavy atom. The average Bonchev–Trinajstić information content (AvgIpc) is 2.78. The van der Waals surface area contributed by atoms with Crippen molar-refractivity contribution in [2.24, 2.45) is 28.6 Å². The topological polar surface area (TPSA) is 0 Å². The monoisotopic (exact) mass is 164 g/mol. The minimum atomic E-state index is 0.722. The number of rotatable bonds is 1. The van der Waals surface area contributed by atoms with Crippen LogP contribution >= 0.6 is 0 Å². The molecule has 4 saturated carbocycles. The molecular formula is C12H20. The Balaban J connectivity index is 1.88. The SMILES string of the molecule is CCC12CC1C1CC(C2)C1(C)C. The van der Waals surface area contributed by atoms with E-state index in [1.165, 1.54) is 6.42 Å². The molecule has 0 N–H and O–H groups in total. The van der Waals surface area contributed by atoms with Gasteiger partial charge in [0.1, 0.15) is 0 Å². The van der Waals surface area contributed by atoms with Crippen LogP contribution in [0, 0.1) is 28.6 Å². The molecule has 0 saturated heterocycles. The van der Waals surface area contributed by atoms with Crippen molar-refractivity contribution in [3.05, 3.63) is 0 Å². The van der Waals surface area contributed by atoms with Crippen molar-refractivity contribution >= 4 is 0 Å². The lowest BCUT2D eigenvalue weighted by Crippen LogP contribution is -2.51. The molecule has 4 aliphatic rings. The first-order valence-electron chi connectivity index (χ1n) is 5.60. The summed E-state index contributed by atoms with van der Waals surface area (Å²) in [6, 6.07) is 0. The van der Waals surface area contributed by atoms with E-state index in [2.05, 4.69) is 20.8 Å². The van der Waals surface area contributed by atoms with Crippen LogP contribution in [0.25, 0.3) is 0 Å². The van der Waals surface area contributed by atoms with Gasteiger partial charge in [-0.25, -0.2) is 0 Å². The van der Waals surface area contributed by atoms with E-state index in [1.807, 2.05) is 0 Å². The maximum atomic E-state index is 2.50. The van der Waals surface area contributed by atoms with Gasteiger partial charge in [0, 0.05) is 0 Å². The van der Waals surface area contributed by atoms with Crippen molar-refractivity contribution in [2.45, 2.75) is 46.5 Å². The lowest BCUT2D eigenvalue weighted by atomic mass is 9.46. The second-order valence-corrected chi connectivity index (χ2v) is 6.09. The van der Waals surface area contributed by atoms with Crippen molar-refractivity contribution in [1.29, 1.82) is 0 Å². The van der Waals surface area contributed by atoms with E-state index in [9.17, 15) is 0 Å². The fourth-order valence-corrected chi connectivity index (χ4v) is 4.31. The van der Waals surface area contributed by atoms with Crippen LogP contribution in [0.3, 0.4) is 0 Å². The van der Waals surface area contributed by atoms with Gasteiger partial charge in [0.15, 0.2) is 0 Å². The third-order valence-corrected chi connectivity index (χ3v) is 5.64. The second kappa shape index (κ2) is 1.76. The second-order valence-electron chi connectivity index (χ2n) is 6.09. The van der Waals surface area contributed by atoms with Crippen LogP contribution < -0.4 is 0 Å². The smallest absolute Gasteiger partial charge is 0.0263 e. The molecule has 4 atom stereocenters. The Bertz CT molecular complexity index is 228. The first-order valence-corrected chi connectivity index (χ1v) is 5.60. The van der Waals surface area contributed by atoms with E-state index in [1.54, 1.807) is 19.3 Å². The van der Waals surface area contributed by atoms with E-state index in [0.29, 0.717) is 0 Å². The van der Waals surface area contributed by atoms with Gasteiger partial charge in [0.05, 0.1) is 0 Å². The molecule has 68 valence electrons. The minimum Gasteiger partial charge on any atom is -0.0648 e. The molecule has 4 rings (SSSR count). The average molecular weight is 164 g/mol. The van der Waals surface area contributed by atoms with Crippen molar-refractivity contribution in [2.75, 3.05) is 0 Å². The minimum absolute atomic E-state index is 0.722. The molecule has 2 bridgehead atoms. The molecule has 4 aliphatic carbocycles. The summed E-state index contributed by atoms with van der Waals surface area (Å²) in [5.74, 6) is 3.33. The zero-order valence-corrected chi connectivity index (χ0v) is 8.56. The standard InChI is InChI=1S/C12H20/c1-4-12-6-8-5-9(10(12)7-12)11(8,2)3/h8-10H,4-7H2,1-3H3. The molecule has 0 heterocycles. The Morgan fingerprint density at radius 2 is 1.92 bits per heavy atom. The predicted octanol–water partition coefficient (Wildman–Crippen LogP) is 3.47. The van der Waals surface area contributed by atoms with Crippen LogP contribution in [0.5, 0.6) is 0 Å². The van der Waals surface area contributed by atoms with Crippen LogP contribution in [0.1, 0.15) is 46.5 Å². The van der Waals surface area contributed by atoms with Crippen LogP contribution in [0.4, 0.5) is 0 Å². The molecule has 4 unspecified atom stereocenters. The van der Waals surface area contributed by atoms with Crippen molar-refractivity contribution < 1.29 is 0 Å². The van der Waals surface area contributed by atoms with Crippen LogP contribution in [0.15, 0.2) is 0 Å². The van der Waals surface area contributed by atoms with Crippen LogP contribution in [-0.2, 0) is 0 Å². The maximum Gasteiger partial charge on any atom is -0.0263 e. The van der Waals surface area contributed by atoms with E-state index >= 15 is 0 Å². The highest BCUT2D eigenvalue weighted by molar-refractivity contribution is 5.19. The molecule has 4 fully saturated rings.